The topological polar surface area (TPSA) is 66.0 Å². The maximum Gasteiger partial charge on any atom is 0.241 e. The fourth-order valence-electron chi connectivity index (χ4n) is 2.28. The van der Waals surface area contributed by atoms with Crippen LogP contribution in [0, 0.1) is 6.92 Å². The van der Waals surface area contributed by atoms with Crippen molar-refractivity contribution in [1.82, 2.24) is 15.5 Å². The monoisotopic (exact) mass is 502 g/mol. The Hall–Kier alpha value is -1.81. The molecule has 1 aromatic heterocycles. The van der Waals surface area contributed by atoms with Crippen molar-refractivity contribution in [2.45, 2.75) is 20.0 Å². The summed E-state index contributed by atoms with van der Waals surface area (Å²) < 4.78 is 5.32. The molecule has 8 heteroatoms. The van der Waals surface area contributed by atoms with E-state index in [4.69, 9.17) is 4.74 Å². The molecule has 0 radical (unpaired) electrons. The van der Waals surface area contributed by atoms with Crippen molar-refractivity contribution in [2.24, 2.45) is 4.99 Å². The SMILES string of the molecule is COc1cc(C)cc(CN=C(NCC(=O)N(C)C)NCc2cccs2)c1.I. The maximum atomic E-state index is 11.8. The number of rotatable bonds is 7. The number of nitrogens with one attached hydrogen (secondary N) is 2. The van der Waals surface area contributed by atoms with Crippen molar-refractivity contribution in [1.29, 1.82) is 0 Å². The summed E-state index contributed by atoms with van der Waals surface area (Å²) >= 11 is 1.68. The molecule has 0 bridgehead atoms. The fourth-order valence-corrected chi connectivity index (χ4v) is 2.92. The predicted octanol–water partition coefficient (Wildman–Crippen LogP) is 3.01. The lowest BCUT2D eigenvalue weighted by atomic mass is 10.1. The largest absolute Gasteiger partial charge is 0.497 e. The molecule has 0 saturated heterocycles. The van der Waals surface area contributed by atoms with Crippen LogP contribution in [0.4, 0.5) is 0 Å². The highest BCUT2D eigenvalue weighted by Crippen LogP contribution is 2.17. The number of methoxy groups -OCH3 is 1. The molecule has 148 valence electrons. The molecule has 2 N–H and O–H groups in total. The van der Waals surface area contributed by atoms with Gasteiger partial charge in [-0.25, -0.2) is 4.99 Å². The smallest absolute Gasteiger partial charge is 0.241 e. The molecule has 1 heterocycles. The molecule has 1 amide bonds. The van der Waals surface area contributed by atoms with Gasteiger partial charge in [-0.3, -0.25) is 4.79 Å². The van der Waals surface area contributed by atoms with E-state index >= 15 is 0 Å². The highest BCUT2D eigenvalue weighted by molar-refractivity contribution is 14.0. The van der Waals surface area contributed by atoms with Gasteiger partial charge in [0.25, 0.3) is 0 Å². The van der Waals surface area contributed by atoms with Crippen LogP contribution in [0.2, 0.25) is 0 Å². The summed E-state index contributed by atoms with van der Waals surface area (Å²) in [5.74, 6) is 1.42. The summed E-state index contributed by atoms with van der Waals surface area (Å²) in [7, 11) is 5.13. The van der Waals surface area contributed by atoms with E-state index in [1.165, 1.54) is 4.88 Å². The molecule has 0 unspecified atom stereocenters. The van der Waals surface area contributed by atoms with Gasteiger partial charge >= 0.3 is 0 Å². The van der Waals surface area contributed by atoms with Gasteiger partial charge in [0.2, 0.25) is 5.91 Å². The molecule has 0 saturated carbocycles. The lowest BCUT2D eigenvalue weighted by molar-refractivity contribution is -0.127. The molecule has 2 aromatic rings. The second kappa shape index (κ2) is 11.8. The molecular weight excluding hydrogens is 475 g/mol. The number of halogens is 1. The molecule has 6 nitrogen and oxygen atoms in total. The van der Waals surface area contributed by atoms with Gasteiger partial charge in [0.1, 0.15) is 5.75 Å². The molecular formula is C19H27IN4O2S. The second-order valence-corrected chi connectivity index (χ2v) is 7.13. The quantitative estimate of drug-likeness (QED) is 0.347. The minimum atomic E-state index is -0.00662. The molecule has 0 aliphatic rings. The molecule has 1 aromatic carbocycles. The highest BCUT2D eigenvalue weighted by atomic mass is 127. The van der Waals surface area contributed by atoms with Crippen LogP contribution < -0.4 is 15.4 Å². The van der Waals surface area contributed by atoms with Crippen molar-refractivity contribution in [3.8, 4) is 5.75 Å². The molecule has 0 atom stereocenters. The van der Waals surface area contributed by atoms with Crippen LogP contribution in [0.5, 0.6) is 5.75 Å². The van der Waals surface area contributed by atoms with Crippen LogP contribution in [0.15, 0.2) is 40.7 Å². The number of amides is 1. The van der Waals surface area contributed by atoms with Crippen LogP contribution in [0.3, 0.4) is 0 Å². The number of carbonyl (C=O) groups is 1. The third kappa shape index (κ3) is 8.17. The van der Waals surface area contributed by atoms with Gasteiger partial charge in [0, 0.05) is 19.0 Å². The Morgan fingerprint density at radius 2 is 2.04 bits per heavy atom. The molecule has 2 rings (SSSR count). The summed E-state index contributed by atoms with van der Waals surface area (Å²) in [6.07, 6.45) is 0. The number of benzene rings is 1. The lowest BCUT2D eigenvalue weighted by Crippen LogP contribution is -2.42. The number of hydrogen-bond donors (Lipinski definition) is 2. The van der Waals surface area contributed by atoms with E-state index in [9.17, 15) is 4.79 Å². The number of carbonyl (C=O) groups excluding carboxylic acids is 1. The van der Waals surface area contributed by atoms with E-state index in [1.54, 1.807) is 37.4 Å². The van der Waals surface area contributed by atoms with E-state index < -0.39 is 0 Å². The van der Waals surface area contributed by atoms with E-state index in [1.807, 2.05) is 30.5 Å². The van der Waals surface area contributed by atoms with Gasteiger partial charge in [-0.2, -0.15) is 0 Å². The number of thiophene rings is 1. The first-order valence-electron chi connectivity index (χ1n) is 8.37. The summed E-state index contributed by atoms with van der Waals surface area (Å²) in [4.78, 5) is 19.2. The Morgan fingerprint density at radius 3 is 2.67 bits per heavy atom. The van der Waals surface area contributed by atoms with Crippen LogP contribution in [-0.4, -0.2) is 44.5 Å². The Morgan fingerprint density at radius 1 is 1.26 bits per heavy atom. The van der Waals surface area contributed by atoms with Gasteiger partial charge in [0.15, 0.2) is 5.96 Å². The normalized spacial score (nSPS) is 10.7. The van der Waals surface area contributed by atoms with Gasteiger partial charge in [0.05, 0.1) is 26.7 Å². The van der Waals surface area contributed by atoms with Crippen molar-refractivity contribution in [3.05, 3.63) is 51.7 Å². The minimum Gasteiger partial charge on any atom is -0.497 e. The van der Waals surface area contributed by atoms with Crippen molar-refractivity contribution >= 4 is 47.2 Å². The van der Waals surface area contributed by atoms with E-state index in [0.29, 0.717) is 19.0 Å². The summed E-state index contributed by atoms with van der Waals surface area (Å²) in [6.45, 7) is 3.38. The van der Waals surface area contributed by atoms with Crippen LogP contribution in [0.25, 0.3) is 0 Å². The molecule has 0 aliphatic heterocycles. The minimum absolute atomic E-state index is 0. The first-order valence-corrected chi connectivity index (χ1v) is 9.25. The van der Waals surface area contributed by atoms with E-state index in [0.717, 1.165) is 16.9 Å². The highest BCUT2D eigenvalue weighted by Gasteiger charge is 2.07. The zero-order valence-electron chi connectivity index (χ0n) is 16.1. The number of ether oxygens (including phenoxy) is 1. The number of hydrogen-bond acceptors (Lipinski definition) is 4. The van der Waals surface area contributed by atoms with Crippen molar-refractivity contribution in [3.63, 3.8) is 0 Å². The Labute approximate surface area is 182 Å². The average Bonchev–Trinajstić information content (AvgIpc) is 3.13. The van der Waals surface area contributed by atoms with Crippen molar-refractivity contribution in [2.75, 3.05) is 27.7 Å². The zero-order chi connectivity index (χ0) is 18.9. The number of guanidine groups is 1. The molecule has 0 fully saturated rings. The molecule has 27 heavy (non-hydrogen) atoms. The Bertz CT molecular complexity index is 748. The molecule has 0 spiro atoms. The Balaban J connectivity index is 0.00000364. The predicted molar refractivity (Wildman–Crippen MR) is 122 cm³/mol. The van der Waals surface area contributed by atoms with Crippen molar-refractivity contribution < 1.29 is 9.53 Å². The lowest BCUT2D eigenvalue weighted by Gasteiger charge is -2.15. The summed E-state index contributed by atoms with van der Waals surface area (Å²) in [5.41, 5.74) is 2.18. The number of likely N-dealkylation sites (N-methyl/N-ethyl adjacent to an activating group) is 1. The zero-order valence-corrected chi connectivity index (χ0v) is 19.3. The molecule has 0 aliphatic carbocycles. The first-order chi connectivity index (χ1) is 12.5. The van der Waals surface area contributed by atoms with Crippen LogP contribution >= 0.6 is 35.3 Å². The van der Waals surface area contributed by atoms with E-state index in [2.05, 4.69) is 27.8 Å². The number of aryl methyl sites for hydroxylation is 1. The van der Waals surface area contributed by atoms with Crippen LogP contribution in [0.1, 0.15) is 16.0 Å². The van der Waals surface area contributed by atoms with Crippen LogP contribution in [-0.2, 0) is 17.9 Å². The second-order valence-electron chi connectivity index (χ2n) is 6.10. The summed E-state index contributed by atoms with van der Waals surface area (Å²) in [5, 5.41) is 8.41. The standard InChI is InChI=1S/C19H26N4O2S.HI/c1-14-8-15(10-16(9-14)25-4)11-20-19(22-13-18(24)23(2)3)21-12-17-6-5-7-26-17;/h5-10H,11-13H2,1-4H3,(H2,20,21,22);1H. The maximum absolute atomic E-state index is 11.8. The number of aliphatic imine (C=N–C) groups is 1. The first kappa shape index (κ1) is 23.2. The number of nitrogens with zero attached hydrogens (tertiary/aromatic N) is 2. The summed E-state index contributed by atoms with van der Waals surface area (Å²) in [6, 6.07) is 10.1. The van der Waals surface area contributed by atoms with Gasteiger partial charge in [-0.15, -0.1) is 35.3 Å². The fraction of sp³-hybridized carbons (Fsp3) is 0.368. The van der Waals surface area contributed by atoms with Gasteiger partial charge in [-0.05, 0) is 41.6 Å². The third-order valence-electron chi connectivity index (χ3n) is 3.68. The van der Waals surface area contributed by atoms with Gasteiger partial charge in [-0.1, -0.05) is 12.1 Å². The third-order valence-corrected chi connectivity index (χ3v) is 4.56. The van der Waals surface area contributed by atoms with E-state index in [-0.39, 0.29) is 36.4 Å². The Kier molecular flexibility index (Phi) is 10.2. The average molecular weight is 502 g/mol. The van der Waals surface area contributed by atoms with Gasteiger partial charge < -0.3 is 20.3 Å².